The first kappa shape index (κ1) is 11.2. The normalized spacial score (nSPS) is 22.6. The van der Waals surface area contributed by atoms with Crippen LogP contribution in [0.2, 0.25) is 0 Å². The molecule has 1 aliphatic heterocycles. The zero-order chi connectivity index (χ0) is 10.8. The van der Waals surface area contributed by atoms with E-state index in [4.69, 9.17) is 9.47 Å². The third kappa shape index (κ3) is 3.92. The van der Waals surface area contributed by atoms with Crippen LogP contribution in [0.25, 0.3) is 0 Å². The predicted molar refractivity (Wildman–Crippen MR) is 53.9 cm³/mol. The minimum absolute atomic E-state index is 0.0955. The van der Waals surface area contributed by atoms with Crippen LogP contribution in [-0.4, -0.2) is 24.8 Å². The van der Waals surface area contributed by atoms with Gasteiger partial charge in [0.25, 0.3) is 0 Å². The van der Waals surface area contributed by atoms with Gasteiger partial charge < -0.3 is 9.47 Å². The summed E-state index contributed by atoms with van der Waals surface area (Å²) in [6.45, 7) is 10.4. The Balaban J connectivity index is 2.47. The van der Waals surface area contributed by atoms with E-state index in [2.05, 4.69) is 27.4 Å². The highest BCUT2D eigenvalue weighted by molar-refractivity contribution is 5.81. The molecule has 0 saturated carbocycles. The van der Waals surface area contributed by atoms with Gasteiger partial charge in [-0.2, -0.15) is 0 Å². The molecule has 0 aromatic carbocycles. The lowest BCUT2D eigenvalue weighted by molar-refractivity contribution is -0.145. The van der Waals surface area contributed by atoms with Crippen molar-refractivity contribution in [3.05, 3.63) is 12.7 Å². The lowest BCUT2D eigenvalue weighted by Crippen LogP contribution is -2.28. The van der Waals surface area contributed by atoms with Gasteiger partial charge in [-0.05, 0) is 11.8 Å². The van der Waals surface area contributed by atoms with E-state index in [0.717, 1.165) is 6.42 Å². The van der Waals surface area contributed by atoms with Crippen LogP contribution in [0.1, 0.15) is 27.2 Å². The molecular weight excluding hydrogens is 180 g/mol. The van der Waals surface area contributed by atoms with Crippen LogP contribution >= 0.6 is 0 Å². The summed E-state index contributed by atoms with van der Waals surface area (Å²) in [5.74, 6) is -0.366. The number of ether oxygens (including phenoxy) is 2. The third-order valence-electron chi connectivity index (χ3n) is 2.02. The summed E-state index contributed by atoms with van der Waals surface area (Å²) in [6, 6.07) is 0. The molecule has 3 heteroatoms. The van der Waals surface area contributed by atoms with Gasteiger partial charge in [-0.15, -0.1) is 0 Å². The van der Waals surface area contributed by atoms with Crippen LogP contribution in [0.5, 0.6) is 0 Å². The SMILES string of the molecule is C=CC(=O)OC(CC(C)(C)C)C1CO1. The largest absolute Gasteiger partial charge is 0.456 e. The monoisotopic (exact) mass is 198 g/mol. The van der Waals surface area contributed by atoms with Gasteiger partial charge in [0.2, 0.25) is 0 Å². The van der Waals surface area contributed by atoms with Crippen LogP contribution in [0, 0.1) is 5.41 Å². The number of rotatable bonds is 4. The van der Waals surface area contributed by atoms with Gasteiger partial charge in [-0.3, -0.25) is 0 Å². The maximum Gasteiger partial charge on any atom is 0.330 e. The summed E-state index contributed by atoms with van der Waals surface area (Å²) in [7, 11) is 0. The summed E-state index contributed by atoms with van der Waals surface area (Å²) in [6.07, 6.45) is 1.98. The highest BCUT2D eigenvalue weighted by atomic mass is 16.6. The van der Waals surface area contributed by atoms with Crippen molar-refractivity contribution in [1.82, 2.24) is 0 Å². The maximum absolute atomic E-state index is 11.0. The first-order chi connectivity index (χ1) is 6.42. The molecule has 80 valence electrons. The summed E-state index contributed by atoms with van der Waals surface area (Å²) in [5.41, 5.74) is 0.137. The lowest BCUT2D eigenvalue weighted by atomic mass is 9.88. The second-order valence-electron chi connectivity index (χ2n) is 4.82. The Morgan fingerprint density at radius 1 is 1.71 bits per heavy atom. The maximum atomic E-state index is 11.0. The highest BCUT2D eigenvalue weighted by Gasteiger charge is 2.37. The molecule has 1 fully saturated rings. The van der Waals surface area contributed by atoms with Gasteiger partial charge in [-0.25, -0.2) is 4.79 Å². The summed E-state index contributed by atoms with van der Waals surface area (Å²) in [4.78, 5) is 11.0. The molecule has 0 bridgehead atoms. The van der Waals surface area contributed by atoms with Crippen molar-refractivity contribution in [3.8, 4) is 0 Å². The fourth-order valence-corrected chi connectivity index (χ4v) is 1.32. The molecular formula is C11H18O3. The molecule has 2 unspecified atom stereocenters. The molecule has 1 rings (SSSR count). The van der Waals surface area contributed by atoms with Crippen molar-refractivity contribution in [1.29, 1.82) is 0 Å². The topological polar surface area (TPSA) is 38.8 Å². The molecule has 0 spiro atoms. The predicted octanol–water partition coefficient (Wildman–Crippen LogP) is 1.92. The molecule has 3 nitrogen and oxygen atoms in total. The number of esters is 1. The van der Waals surface area contributed by atoms with Crippen molar-refractivity contribution in [2.24, 2.45) is 5.41 Å². The molecule has 2 atom stereocenters. The Morgan fingerprint density at radius 2 is 2.29 bits per heavy atom. The number of epoxide rings is 1. The summed E-state index contributed by atoms with van der Waals surface area (Å²) in [5, 5.41) is 0. The van der Waals surface area contributed by atoms with Gasteiger partial charge >= 0.3 is 5.97 Å². The highest BCUT2D eigenvalue weighted by Crippen LogP contribution is 2.29. The van der Waals surface area contributed by atoms with E-state index in [1.807, 2.05) is 0 Å². The first-order valence-electron chi connectivity index (χ1n) is 4.87. The Hall–Kier alpha value is -0.830. The number of hydrogen-bond donors (Lipinski definition) is 0. The van der Waals surface area contributed by atoms with E-state index in [0.29, 0.717) is 6.61 Å². The second-order valence-corrected chi connectivity index (χ2v) is 4.82. The van der Waals surface area contributed by atoms with Crippen molar-refractivity contribution >= 4 is 5.97 Å². The molecule has 0 aliphatic carbocycles. The van der Waals surface area contributed by atoms with Gasteiger partial charge in [-0.1, -0.05) is 27.4 Å². The third-order valence-corrected chi connectivity index (χ3v) is 2.02. The average molecular weight is 198 g/mol. The average Bonchev–Trinajstić information content (AvgIpc) is 2.82. The molecule has 14 heavy (non-hydrogen) atoms. The van der Waals surface area contributed by atoms with E-state index in [1.165, 1.54) is 6.08 Å². The summed E-state index contributed by atoms with van der Waals surface area (Å²) < 4.78 is 10.4. The smallest absolute Gasteiger partial charge is 0.330 e. The molecule has 0 amide bonds. The van der Waals surface area contributed by atoms with Crippen LogP contribution < -0.4 is 0 Å². The minimum Gasteiger partial charge on any atom is -0.456 e. The number of carbonyl (C=O) groups is 1. The van der Waals surface area contributed by atoms with E-state index in [9.17, 15) is 4.79 Å². The van der Waals surface area contributed by atoms with Crippen molar-refractivity contribution in [2.45, 2.75) is 39.4 Å². The lowest BCUT2D eigenvalue weighted by Gasteiger charge is -2.24. The van der Waals surface area contributed by atoms with E-state index in [-0.39, 0.29) is 23.6 Å². The molecule has 1 heterocycles. The Bertz CT molecular complexity index is 223. The Morgan fingerprint density at radius 3 is 2.64 bits per heavy atom. The molecule has 0 N–H and O–H groups in total. The zero-order valence-electron chi connectivity index (χ0n) is 9.08. The van der Waals surface area contributed by atoms with Gasteiger partial charge in [0.05, 0.1) is 6.61 Å². The van der Waals surface area contributed by atoms with Crippen LogP contribution in [0.3, 0.4) is 0 Å². The Kier molecular flexibility index (Phi) is 3.32. The zero-order valence-corrected chi connectivity index (χ0v) is 9.08. The molecule has 1 saturated heterocycles. The quantitative estimate of drug-likeness (QED) is 0.393. The van der Waals surface area contributed by atoms with Crippen LogP contribution in [-0.2, 0) is 14.3 Å². The molecule has 0 radical (unpaired) electrons. The second kappa shape index (κ2) is 4.13. The fraction of sp³-hybridized carbons (Fsp3) is 0.727. The molecule has 0 aromatic heterocycles. The van der Waals surface area contributed by atoms with Gasteiger partial charge in [0.15, 0.2) is 0 Å². The van der Waals surface area contributed by atoms with Crippen molar-refractivity contribution < 1.29 is 14.3 Å². The number of hydrogen-bond acceptors (Lipinski definition) is 3. The first-order valence-corrected chi connectivity index (χ1v) is 4.87. The van der Waals surface area contributed by atoms with E-state index < -0.39 is 0 Å². The van der Waals surface area contributed by atoms with Crippen molar-refractivity contribution in [3.63, 3.8) is 0 Å². The van der Waals surface area contributed by atoms with Crippen LogP contribution in [0.15, 0.2) is 12.7 Å². The van der Waals surface area contributed by atoms with Gasteiger partial charge in [0.1, 0.15) is 12.2 Å². The van der Waals surface area contributed by atoms with E-state index in [1.54, 1.807) is 0 Å². The van der Waals surface area contributed by atoms with Crippen LogP contribution in [0.4, 0.5) is 0 Å². The summed E-state index contributed by atoms with van der Waals surface area (Å²) >= 11 is 0. The van der Waals surface area contributed by atoms with E-state index >= 15 is 0 Å². The van der Waals surface area contributed by atoms with Gasteiger partial charge in [0, 0.05) is 6.08 Å². The standard InChI is InChI=1S/C11H18O3/c1-5-10(12)14-8(9-7-13-9)6-11(2,3)4/h5,8-9H,1,6-7H2,2-4H3. The fourth-order valence-electron chi connectivity index (χ4n) is 1.32. The Labute approximate surface area is 85.1 Å². The van der Waals surface area contributed by atoms with Crippen molar-refractivity contribution in [2.75, 3.05) is 6.61 Å². The minimum atomic E-state index is -0.366. The molecule has 1 aliphatic rings. The molecule has 0 aromatic rings. The number of carbonyl (C=O) groups excluding carboxylic acids is 1.